The van der Waals surface area contributed by atoms with Gasteiger partial charge in [0.15, 0.2) is 0 Å². The van der Waals surface area contributed by atoms with Crippen LogP contribution in [-0.4, -0.2) is 37.6 Å². The molecule has 2 nitrogen and oxygen atoms in total. The molecule has 0 radical (unpaired) electrons. The second kappa shape index (κ2) is 8.30. The van der Waals surface area contributed by atoms with Crippen molar-refractivity contribution in [1.82, 2.24) is 10.2 Å². The first kappa shape index (κ1) is 17.0. The Kier molecular flexibility index (Phi) is 6.13. The molecule has 2 unspecified atom stereocenters. The Morgan fingerprint density at radius 1 is 1.04 bits per heavy atom. The largest absolute Gasteiger partial charge is 0.312 e. The second-order valence-corrected chi connectivity index (χ2v) is 7.86. The number of likely N-dealkylation sites (tertiary alicyclic amines) is 1. The van der Waals surface area contributed by atoms with Gasteiger partial charge in [-0.15, -0.1) is 0 Å². The fourth-order valence-corrected chi connectivity index (χ4v) is 4.46. The van der Waals surface area contributed by atoms with Crippen LogP contribution >= 0.6 is 0 Å². The Bertz CT molecular complexity index is 461. The number of aryl methyl sites for hydroxylation is 1. The Morgan fingerprint density at radius 2 is 1.78 bits per heavy atom. The number of nitrogens with zero attached hydrogens (tertiary/aromatic N) is 1. The van der Waals surface area contributed by atoms with Crippen LogP contribution in [0.3, 0.4) is 0 Å². The zero-order chi connectivity index (χ0) is 16.1. The second-order valence-electron chi connectivity index (χ2n) is 7.86. The van der Waals surface area contributed by atoms with Crippen LogP contribution < -0.4 is 5.32 Å². The van der Waals surface area contributed by atoms with Crippen LogP contribution in [0.1, 0.15) is 62.5 Å². The summed E-state index contributed by atoms with van der Waals surface area (Å²) in [5.74, 6) is 1.61. The van der Waals surface area contributed by atoms with Gasteiger partial charge in [0.1, 0.15) is 0 Å². The van der Waals surface area contributed by atoms with Crippen LogP contribution in [0.4, 0.5) is 0 Å². The third kappa shape index (κ3) is 4.81. The number of benzene rings is 1. The molecular weight excluding hydrogens is 280 g/mol. The Balaban J connectivity index is 1.55. The highest BCUT2D eigenvalue weighted by Crippen LogP contribution is 2.28. The first-order valence-electron chi connectivity index (χ1n) is 9.75. The van der Waals surface area contributed by atoms with Gasteiger partial charge >= 0.3 is 0 Å². The van der Waals surface area contributed by atoms with Gasteiger partial charge < -0.3 is 10.2 Å². The van der Waals surface area contributed by atoms with E-state index in [9.17, 15) is 0 Å². The molecule has 2 fully saturated rings. The number of piperidine rings is 1. The van der Waals surface area contributed by atoms with Crippen molar-refractivity contribution >= 4 is 0 Å². The van der Waals surface area contributed by atoms with Gasteiger partial charge in [0.05, 0.1) is 0 Å². The van der Waals surface area contributed by atoms with Crippen molar-refractivity contribution in [2.24, 2.45) is 5.92 Å². The van der Waals surface area contributed by atoms with E-state index >= 15 is 0 Å². The van der Waals surface area contributed by atoms with E-state index in [0.29, 0.717) is 12.0 Å². The molecule has 1 aliphatic carbocycles. The average molecular weight is 315 g/mol. The first-order chi connectivity index (χ1) is 11.2. The third-order valence-corrected chi connectivity index (χ3v) is 5.91. The smallest absolute Gasteiger partial charge is 0.0201 e. The van der Waals surface area contributed by atoms with Crippen LogP contribution in [0.15, 0.2) is 24.3 Å². The lowest BCUT2D eigenvalue weighted by atomic mass is 9.86. The molecule has 1 saturated carbocycles. The molecule has 1 aromatic rings. The zero-order valence-electron chi connectivity index (χ0n) is 15.1. The summed E-state index contributed by atoms with van der Waals surface area (Å²) < 4.78 is 0. The van der Waals surface area contributed by atoms with Crippen molar-refractivity contribution < 1.29 is 0 Å². The monoisotopic (exact) mass is 314 g/mol. The van der Waals surface area contributed by atoms with E-state index < -0.39 is 0 Å². The minimum Gasteiger partial charge on any atom is -0.312 e. The lowest BCUT2D eigenvalue weighted by Gasteiger charge is -2.37. The number of hydrogen-bond donors (Lipinski definition) is 1. The van der Waals surface area contributed by atoms with E-state index in [1.54, 1.807) is 0 Å². The highest BCUT2D eigenvalue weighted by Gasteiger charge is 2.26. The molecule has 1 saturated heterocycles. The van der Waals surface area contributed by atoms with Gasteiger partial charge in [-0.1, -0.05) is 50.5 Å². The molecule has 1 heterocycles. The van der Waals surface area contributed by atoms with Gasteiger partial charge in [0, 0.05) is 19.1 Å². The van der Waals surface area contributed by atoms with Crippen molar-refractivity contribution in [1.29, 1.82) is 0 Å². The van der Waals surface area contributed by atoms with Gasteiger partial charge in [-0.2, -0.15) is 0 Å². The quantitative estimate of drug-likeness (QED) is 0.876. The maximum absolute atomic E-state index is 3.90. The molecule has 2 heteroatoms. The number of likely N-dealkylation sites (N-methyl/N-ethyl adjacent to an activating group) is 1. The molecule has 23 heavy (non-hydrogen) atoms. The van der Waals surface area contributed by atoms with Gasteiger partial charge in [-0.3, -0.25) is 0 Å². The van der Waals surface area contributed by atoms with Gasteiger partial charge in [-0.25, -0.2) is 0 Å². The first-order valence-corrected chi connectivity index (χ1v) is 9.75. The molecular formula is C21H34N2. The van der Waals surface area contributed by atoms with Gasteiger partial charge in [0.25, 0.3) is 0 Å². The van der Waals surface area contributed by atoms with Crippen LogP contribution in [-0.2, 0) is 6.42 Å². The van der Waals surface area contributed by atoms with Crippen LogP contribution in [0.25, 0.3) is 0 Å². The predicted molar refractivity (Wildman–Crippen MR) is 99.0 cm³/mol. The summed E-state index contributed by atoms with van der Waals surface area (Å²) in [5, 5.41) is 3.90. The maximum Gasteiger partial charge on any atom is 0.0201 e. The summed E-state index contributed by atoms with van der Waals surface area (Å²) >= 11 is 0. The number of hydrogen-bond acceptors (Lipinski definition) is 2. The normalized spacial score (nSPS) is 27.2. The Morgan fingerprint density at radius 3 is 2.48 bits per heavy atom. The van der Waals surface area contributed by atoms with E-state index in [1.807, 2.05) is 0 Å². The zero-order valence-corrected chi connectivity index (χ0v) is 15.1. The lowest BCUT2D eigenvalue weighted by Crippen LogP contribution is -2.48. The standard InChI is InChI=1S/C21H34N2/c1-3-17-9-11-19(12-10-17)20-13-21(16-23(2)15-20)22-14-18-7-5-4-6-8-18/h9-12,18,20-22H,3-8,13-16H2,1-2H3. The minimum atomic E-state index is 0.659. The summed E-state index contributed by atoms with van der Waals surface area (Å²) in [6.07, 6.45) is 9.67. The maximum atomic E-state index is 3.90. The molecule has 0 amide bonds. The summed E-state index contributed by atoms with van der Waals surface area (Å²) in [6, 6.07) is 10.0. The van der Waals surface area contributed by atoms with Gasteiger partial charge in [-0.05, 0) is 62.2 Å². The predicted octanol–water partition coefficient (Wildman–Crippen LogP) is 4.21. The van der Waals surface area contributed by atoms with Gasteiger partial charge in [0.2, 0.25) is 0 Å². The Hall–Kier alpha value is -0.860. The molecule has 0 spiro atoms. The van der Waals surface area contributed by atoms with Crippen molar-refractivity contribution in [2.75, 3.05) is 26.7 Å². The third-order valence-electron chi connectivity index (χ3n) is 5.91. The summed E-state index contributed by atoms with van der Waals surface area (Å²) in [7, 11) is 2.28. The summed E-state index contributed by atoms with van der Waals surface area (Å²) in [5.41, 5.74) is 2.98. The SMILES string of the molecule is CCc1ccc(C2CC(NCC3CCCCC3)CN(C)C2)cc1. The molecule has 0 bridgehead atoms. The lowest BCUT2D eigenvalue weighted by molar-refractivity contribution is 0.195. The minimum absolute atomic E-state index is 0.659. The average Bonchev–Trinajstić information content (AvgIpc) is 2.60. The van der Waals surface area contributed by atoms with Crippen molar-refractivity contribution in [3.05, 3.63) is 35.4 Å². The molecule has 2 atom stereocenters. The number of rotatable bonds is 5. The fourth-order valence-electron chi connectivity index (χ4n) is 4.46. The highest BCUT2D eigenvalue weighted by atomic mass is 15.1. The van der Waals surface area contributed by atoms with E-state index in [2.05, 4.69) is 48.5 Å². The van der Waals surface area contributed by atoms with E-state index in [0.717, 1.165) is 12.3 Å². The van der Waals surface area contributed by atoms with E-state index in [4.69, 9.17) is 0 Å². The van der Waals surface area contributed by atoms with Crippen molar-refractivity contribution in [3.8, 4) is 0 Å². The molecule has 2 aliphatic rings. The molecule has 1 aromatic carbocycles. The molecule has 1 N–H and O–H groups in total. The number of nitrogens with one attached hydrogen (secondary N) is 1. The van der Waals surface area contributed by atoms with Crippen molar-refractivity contribution in [2.45, 2.75) is 63.8 Å². The van der Waals surface area contributed by atoms with Crippen LogP contribution in [0, 0.1) is 5.92 Å². The topological polar surface area (TPSA) is 15.3 Å². The van der Waals surface area contributed by atoms with Crippen molar-refractivity contribution in [3.63, 3.8) is 0 Å². The van der Waals surface area contributed by atoms with E-state index in [1.165, 1.54) is 69.3 Å². The molecule has 1 aliphatic heterocycles. The van der Waals surface area contributed by atoms with Crippen LogP contribution in [0.5, 0.6) is 0 Å². The van der Waals surface area contributed by atoms with E-state index in [-0.39, 0.29) is 0 Å². The highest BCUT2D eigenvalue weighted by molar-refractivity contribution is 5.26. The molecule has 128 valence electrons. The molecule has 3 rings (SSSR count). The molecule has 0 aromatic heterocycles. The fraction of sp³-hybridized carbons (Fsp3) is 0.714. The van der Waals surface area contributed by atoms with Crippen LogP contribution in [0.2, 0.25) is 0 Å². The Labute approximate surface area is 142 Å². The summed E-state index contributed by atoms with van der Waals surface area (Å²) in [6.45, 7) is 5.87. The summed E-state index contributed by atoms with van der Waals surface area (Å²) in [4.78, 5) is 2.51.